The van der Waals surface area contributed by atoms with Crippen LogP contribution in [0.25, 0.3) is 0 Å². The fourth-order valence-electron chi connectivity index (χ4n) is 3.24. The molecule has 0 unspecified atom stereocenters. The summed E-state index contributed by atoms with van der Waals surface area (Å²) in [6, 6.07) is 18.9. The summed E-state index contributed by atoms with van der Waals surface area (Å²) in [7, 11) is 0. The summed E-state index contributed by atoms with van der Waals surface area (Å²) in [5.41, 5.74) is 2.50. The van der Waals surface area contributed by atoms with Crippen LogP contribution >= 0.6 is 0 Å². The molecule has 3 rings (SSSR count). The minimum absolute atomic E-state index is 0.00202. The van der Waals surface area contributed by atoms with E-state index < -0.39 is 12.1 Å². The van der Waals surface area contributed by atoms with E-state index in [4.69, 9.17) is 14.6 Å². The summed E-state index contributed by atoms with van der Waals surface area (Å²) in [5.74, 6) is 0.206. The van der Waals surface area contributed by atoms with Gasteiger partial charge in [-0.3, -0.25) is 0 Å². The molecule has 3 aromatic carbocycles. The van der Waals surface area contributed by atoms with E-state index in [2.05, 4.69) is 5.32 Å². The lowest BCUT2D eigenvalue weighted by atomic mass is 10.1. The number of aliphatic hydroxyl groups excluding tert-OH is 2. The van der Waals surface area contributed by atoms with Crippen molar-refractivity contribution in [3.63, 3.8) is 0 Å². The number of ether oxygens (including phenoxy) is 2. The van der Waals surface area contributed by atoms with Crippen LogP contribution < -0.4 is 14.8 Å². The fourth-order valence-corrected chi connectivity index (χ4v) is 3.24. The minimum atomic E-state index is -0.964. The maximum absolute atomic E-state index is 11.1. The monoisotopic (exact) mass is 467 g/mol. The van der Waals surface area contributed by atoms with Crippen molar-refractivity contribution in [1.82, 2.24) is 5.32 Å². The zero-order valence-corrected chi connectivity index (χ0v) is 18.7. The van der Waals surface area contributed by atoms with Gasteiger partial charge in [0, 0.05) is 12.1 Å². The van der Waals surface area contributed by atoms with Crippen molar-refractivity contribution >= 4 is 5.97 Å². The predicted octanol–water partition coefficient (Wildman–Crippen LogP) is 2.73. The van der Waals surface area contributed by atoms with Crippen LogP contribution in [0.1, 0.15) is 27.0 Å². The van der Waals surface area contributed by atoms with E-state index in [0.29, 0.717) is 30.2 Å². The van der Waals surface area contributed by atoms with E-state index in [9.17, 15) is 20.1 Å². The fraction of sp³-hybridized carbons (Fsp3) is 0.269. The predicted molar refractivity (Wildman–Crippen MR) is 126 cm³/mol. The van der Waals surface area contributed by atoms with E-state index in [0.717, 1.165) is 17.5 Å². The lowest BCUT2D eigenvalue weighted by Gasteiger charge is -2.14. The molecule has 0 saturated heterocycles. The number of aromatic hydroxyl groups is 1. The first-order valence-corrected chi connectivity index (χ1v) is 10.9. The molecule has 0 aliphatic heterocycles. The largest absolute Gasteiger partial charge is 0.508 e. The Hall–Kier alpha value is -3.59. The highest BCUT2D eigenvalue weighted by Crippen LogP contribution is 2.23. The Morgan fingerprint density at radius 1 is 0.941 bits per heavy atom. The van der Waals surface area contributed by atoms with Crippen LogP contribution in [0.5, 0.6) is 17.2 Å². The third kappa shape index (κ3) is 7.77. The van der Waals surface area contributed by atoms with Gasteiger partial charge in [-0.2, -0.15) is 0 Å². The maximum Gasteiger partial charge on any atom is 0.335 e. The molecule has 8 heteroatoms. The lowest BCUT2D eigenvalue weighted by molar-refractivity contribution is 0.0696. The molecule has 34 heavy (non-hydrogen) atoms. The van der Waals surface area contributed by atoms with E-state index in [1.54, 1.807) is 24.3 Å². The van der Waals surface area contributed by atoms with E-state index in [1.165, 1.54) is 12.1 Å². The zero-order valence-electron chi connectivity index (χ0n) is 18.7. The quantitative estimate of drug-likeness (QED) is 0.243. The Morgan fingerprint density at radius 3 is 2.44 bits per heavy atom. The zero-order chi connectivity index (χ0) is 24.3. The van der Waals surface area contributed by atoms with E-state index >= 15 is 0 Å². The van der Waals surface area contributed by atoms with Crippen LogP contribution in [0.15, 0.2) is 66.7 Å². The van der Waals surface area contributed by atoms with Crippen LogP contribution in [0.2, 0.25) is 0 Å². The van der Waals surface area contributed by atoms with Gasteiger partial charge in [-0.05, 0) is 66.6 Å². The third-order valence-electron chi connectivity index (χ3n) is 5.14. The molecule has 0 bridgehead atoms. The molecule has 0 saturated carbocycles. The number of carbonyl (C=O) groups is 1. The molecule has 0 fully saturated rings. The molecule has 8 nitrogen and oxygen atoms in total. The molecule has 5 N–H and O–H groups in total. The number of nitrogens with one attached hydrogen (secondary N) is 1. The minimum Gasteiger partial charge on any atom is -0.508 e. The molecule has 0 aliphatic carbocycles. The molecule has 0 heterocycles. The van der Waals surface area contributed by atoms with Gasteiger partial charge in [0.15, 0.2) is 0 Å². The Balaban J connectivity index is 1.34. The Kier molecular flexibility index (Phi) is 9.28. The number of hydrogen-bond donors (Lipinski definition) is 5. The summed E-state index contributed by atoms with van der Waals surface area (Å²) in [4.78, 5) is 11.1. The smallest absolute Gasteiger partial charge is 0.335 e. The second-order valence-corrected chi connectivity index (χ2v) is 7.81. The Labute approximate surface area is 198 Å². The number of carboxylic acids is 1. The second kappa shape index (κ2) is 12.6. The average Bonchev–Trinajstić information content (AvgIpc) is 2.85. The highest BCUT2D eigenvalue weighted by molar-refractivity contribution is 5.87. The van der Waals surface area contributed by atoms with Gasteiger partial charge in [-0.15, -0.1) is 0 Å². The van der Waals surface area contributed by atoms with Gasteiger partial charge in [-0.25, -0.2) is 4.79 Å². The number of aromatic carboxylic acids is 1. The molecule has 0 spiro atoms. The van der Waals surface area contributed by atoms with Crippen LogP contribution in [-0.4, -0.2) is 52.2 Å². The average molecular weight is 468 g/mol. The van der Waals surface area contributed by atoms with Crippen molar-refractivity contribution < 1.29 is 34.7 Å². The first-order valence-electron chi connectivity index (χ1n) is 10.9. The van der Waals surface area contributed by atoms with Crippen molar-refractivity contribution in [1.29, 1.82) is 0 Å². The van der Waals surface area contributed by atoms with Crippen molar-refractivity contribution in [2.45, 2.75) is 25.7 Å². The van der Waals surface area contributed by atoms with Crippen molar-refractivity contribution in [2.75, 3.05) is 19.7 Å². The van der Waals surface area contributed by atoms with Crippen LogP contribution in [-0.2, 0) is 19.6 Å². The number of phenols is 1. The van der Waals surface area contributed by atoms with Crippen LogP contribution in [0.3, 0.4) is 0 Å². The summed E-state index contributed by atoms with van der Waals surface area (Å²) < 4.78 is 11.3. The normalized spacial score (nSPS) is 11.7. The number of benzene rings is 3. The molecular weight excluding hydrogens is 438 g/mol. The van der Waals surface area contributed by atoms with Gasteiger partial charge in [0.2, 0.25) is 0 Å². The van der Waals surface area contributed by atoms with Gasteiger partial charge in [0.05, 0.1) is 12.2 Å². The van der Waals surface area contributed by atoms with Gasteiger partial charge >= 0.3 is 5.97 Å². The topological polar surface area (TPSA) is 128 Å². The summed E-state index contributed by atoms with van der Waals surface area (Å²) in [6.07, 6.45) is 0.0635. The first-order chi connectivity index (χ1) is 16.4. The summed E-state index contributed by atoms with van der Waals surface area (Å²) >= 11 is 0. The van der Waals surface area contributed by atoms with Crippen molar-refractivity contribution in [3.05, 3.63) is 89.0 Å². The SMILES string of the molecule is O=C(O)c1cccc(COc2ccc(CCNC[C@H](O)COc3ccc(O)c(CO)c3)cc2)c1. The Morgan fingerprint density at radius 2 is 1.71 bits per heavy atom. The summed E-state index contributed by atoms with van der Waals surface area (Å²) in [6.45, 7) is 1.12. The number of carboxylic acid groups (broad SMARTS) is 1. The second-order valence-electron chi connectivity index (χ2n) is 7.81. The molecule has 0 radical (unpaired) electrons. The molecular formula is C26H29NO7. The van der Waals surface area contributed by atoms with Crippen LogP contribution in [0.4, 0.5) is 0 Å². The van der Waals surface area contributed by atoms with Gasteiger partial charge < -0.3 is 35.2 Å². The molecule has 1 atom stereocenters. The standard InChI is InChI=1S/C26H29NO7/c28-15-21-13-24(8-9-25(21)30)34-17-22(29)14-27-11-10-18-4-6-23(7-5-18)33-16-19-2-1-3-20(12-19)26(31)32/h1-9,12-13,22,27-30H,10-11,14-17H2,(H,31,32)/t22-/m0/s1. The van der Waals surface area contributed by atoms with E-state index in [-0.39, 0.29) is 31.1 Å². The van der Waals surface area contributed by atoms with Crippen molar-refractivity contribution in [3.8, 4) is 17.2 Å². The molecule has 180 valence electrons. The van der Waals surface area contributed by atoms with Gasteiger partial charge in [-0.1, -0.05) is 24.3 Å². The first kappa shape index (κ1) is 25.0. The molecule has 0 aromatic heterocycles. The lowest BCUT2D eigenvalue weighted by Crippen LogP contribution is -2.32. The highest BCUT2D eigenvalue weighted by Gasteiger charge is 2.08. The molecule has 0 aliphatic rings. The number of hydrogen-bond acceptors (Lipinski definition) is 7. The molecule has 0 amide bonds. The molecule has 3 aromatic rings. The highest BCUT2D eigenvalue weighted by atomic mass is 16.5. The van der Waals surface area contributed by atoms with Crippen LogP contribution in [0, 0.1) is 0 Å². The number of rotatable bonds is 13. The van der Waals surface area contributed by atoms with Crippen molar-refractivity contribution in [2.24, 2.45) is 0 Å². The summed E-state index contributed by atoms with van der Waals surface area (Å²) in [5, 5.41) is 41.1. The van der Waals surface area contributed by atoms with Gasteiger partial charge in [0.25, 0.3) is 0 Å². The third-order valence-corrected chi connectivity index (χ3v) is 5.14. The van der Waals surface area contributed by atoms with E-state index in [1.807, 2.05) is 30.3 Å². The Bertz CT molecular complexity index is 1070. The maximum atomic E-state index is 11.1. The number of aliphatic hydroxyl groups is 2. The van der Waals surface area contributed by atoms with Gasteiger partial charge in [0.1, 0.15) is 36.6 Å².